The highest BCUT2D eigenvalue weighted by Gasteiger charge is 2.29. The predicted molar refractivity (Wildman–Crippen MR) is 93.6 cm³/mol. The second-order valence-corrected chi connectivity index (χ2v) is 7.91. The molecule has 126 valence electrons. The van der Waals surface area contributed by atoms with Crippen LogP contribution in [-0.2, 0) is 15.8 Å². The van der Waals surface area contributed by atoms with Crippen LogP contribution in [0.3, 0.4) is 0 Å². The van der Waals surface area contributed by atoms with Gasteiger partial charge in [0.15, 0.2) is 0 Å². The van der Waals surface area contributed by atoms with E-state index in [1.807, 2.05) is 20.8 Å². The average molecular weight is 337 g/mol. The molecule has 0 atom stereocenters. The molecule has 0 spiro atoms. The number of nitrogen functional groups attached to an aromatic ring is 1. The number of rotatable bonds is 4. The molecule has 0 aliphatic carbocycles. The maximum absolute atomic E-state index is 12.4. The first-order valence-electron chi connectivity index (χ1n) is 7.43. The van der Waals surface area contributed by atoms with Gasteiger partial charge in [0.1, 0.15) is 0 Å². The van der Waals surface area contributed by atoms with Crippen molar-refractivity contribution in [1.29, 1.82) is 0 Å². The number of hydrogen-bond donors (Lipinski definition) is 2. The molecule has 0 aromatic heterocycles. The van der Waals surface area contributed by atoms with Crippen molar-refractivity contribution in [3.63, 3.8) is 0 Å². The van der Waals surface area contributed by atoms with Gasteiger partial charge in [0.2, 0.25) is 16.0 Å². The maximum Gasteiger partial charge on any atom is 0.239 e. The molecule has 7 nitrogen and oxygen atoms in total. The number of hydrazone groups is 1. The van der Waals surface area contributed by atoms with E-state index >= 15 is 0 Å². The van der Waals surface area contributed by atoms with Gasteiger partial charge >= 0.3 is 0 Å². The molecular weight excluding hydrogens is 314 g/mol. The third-order valence-corrected chi connectivity index (χ3v) is 4.45. The van der Waals surface area contributed by atoms with Crippen LogP contribution < -0.4 is 10.5 Å². The van der Waals surface area contributed by atoms with Crippen molar-refractivity contribution in [3.05, 3.63) is 29.8 Å². The highest BCUT2D eigenvalue weighted by molar-refractivity contribution is 7.89. The minimum Gasteiger partial charge on any atom is -0.399 e. The number of sulfonamides is 1. The molecule has 1 aliphatic heterocycles. The van der Waals surface area contributed by atoms with Crippen LogP contribution in [0.2, 0.25) is 0 Å². The molecule has 0 fully saturated rings. The third-order valence-electron chi connectivity index (χ3n) is 3.24. The summed E-state index contributed by atoms with van der Waals surface area (Å²) in [5.74, 6) is 0.113. The molecule has 0 bridgehead atoms. The summed E-state index contributed by atoms with van der Waals surface area (Å²) >= 11 is 0. The van der Waals surface area contributed by atoms with Gasteiger partial charge in [-0.05, 0) is 24.6 Å². The van der Waals surface area contributed by atoms with Gasteiger partial charge in [0.25, 0.3) is 0 Å². The Bertz CT molecular complexity index is 708. The lowest BCUT2D eigenvalue weighted by molar-refractivity contribution is 0.379. The van der Waals surface area contributed by atoms with Gasteiger partial charge in [-0.3, -0.25) is 9.71 Å². The van der Waals surface area contributed by atoms with Crippen molar-refractivity contribution in [2.45, 2.75) is 26.5 Å². The van der Waals surface area contributed by atoms with Gasteiger partial charge in [-0.15, -0.1) is 0 Å². The number of anilines is 1. The number of nitrogens with one attached hydrogen (secondary N) is 1. The molecule has 0 radical (unpaired) electrons. The molecule has 0 unspecified atom stereocenters. The van der Waals surface area contributed by atoms with Gasteiger partial charge in [0.05, 0.1) is 12.3 Å². The summed E-state index contributed by atoms with van der Waals surface area (Å²) in [6, 6.07) is 6.75. The Morgan fingerprint density at radius 2 is 2.04 bits per heavy atom. The number of guanidine groups is 1. The molecule has 1 aromatic carbocycles. The summed E-state index contributed by atoms with van der Waals surface area (Å²) in [6.45, 7) is 6.95. The van der Waals surface area contributed by atoms with Crippen LogP contribution in [0.5, 0.6) is 0 Å². The zero-order chi connectivity index (χ0) is 17.1. The number of benzene rings is 1. The minimum absolute atomic E-state index is 0.114. The fourth-order valence-electron chi connectivity index (χ4n) is 2.15. The molecule has 23 heavy (non-hydrogen) atoms. The maximum atomic E-state index is 12.4. The summed E-state index contributed by atoms with van der Waals surface area (Å²) < 4.78 is 27.3. The molecule has 0 amide bonds. The molecule has 3 N–H and O–H groups in total. The van der Waals surface area contributed by atoms with E-state index in [1.165, 1.54) is 0 Å². The second kappa shape index (κ2) is 6.57. The number of nitrogens with zero attached hydrogens (tertiary/aromatic N) is 3. The van der Waals surface area contributed by atoms with Gasteiger partial charge in [-0.1, -0.05) is 26.0 Å². The summed E-state index contributed by atoms with van der Waals surface area (Å²) in [5, 5.41) is 5.83. The van der Waals surface area contributed by atoms with E-state index in [4.69, 9.17) is 5.73 Å². The van der Waals surface area contributed by atoms with Crippen LogP contribution in [-0.4, -0.2) is 38.7 Å². The fraction of sp³-hybridized carbons (Fsp3) is 0.467. The fourth-order valence-corrected chi connectivity index (χ4v) is 3.30. The third kappa shape index (κ3) is 4.95. The van der Waals surface area contributed by atoms with Crippen LogP contribution in [0, 0.1) is 5.41 Å². The zero-order valence-corrected chi connectivity index (χ0v) is 14.5. The Kier molecular flexibility index (Phi) is 4.93. The van der Waals surface area contributed by atoms with Crippen LogP contribution in [0.4, 0.5) is 5.69 Å². The molecular formula is C15H23N5O2S. The van der Waals surface area contributed by atoms with Crippen LogP contribution in [0.15, 0.2) is 34.4 Å². The van der Waals surface area contributed by atoms with E-state index in [0.29, 0.717) is 24.3 Å². The average Bonchev–Trinajstić information content (AvgIpc) is 2.81. The van der Waals surface area contributed by atoms with E-state index in [1.54, 1.807) is 35.5 Å². The summed E-state index contributed by atoms with van der Waals surface area (Å²) in [6.07, 6.45) is 1.80. The zero-order valence-electron chi connectivity index (χ0n) is 13.7. The predicted octanol–water partition coefficient (Wildman–Crippen LogP) is 1.39. The van der Waals surface area contributed by atoms with E-state index in [-0.39, 0.29) is 17.1 Å². The van der Waals surface area contributed by atoms with Crippen molar-refractivity contribution >= 4 is 27.9 Å². The minimum atomic E-state index is -3.58. The lowest BCUT2D eigenvalue weighted by Crippen LogP contribution is -2.42. The molecule has 8 heteroatoms. The Morgan fingerprint density at radius 3 is 2.57 bits per heavy atom. The smallest absolute Gasteiger partial charge is 0.239 e. The largest absolute Gasteiger partial charge is 0.399 e. The van der Waals surface area contributed by atoms with Gasteiger partial charge in [-0.25, -0.2) is 13.4 Å². The number of aliphatic imine (C=N–C) groups is 1. The molecule has 2 rings (SSSR count). The van der Waals surface area contributed by atoms with Gasteiger partial charge < -0.3 is 5.73 Å². The van der Waals surface area contributed by atoms with Crippen LogP contribution in [0.1, 0.15) is 26.3 Å². The highest BCUT2D eigenvalue weighted by atomic mass is 32.2. The number of nitrogens with two attached hydrogens (primary N) is 1. The quantitative estimate of drug-likeness (QED) is 0.492. The Hall–Kier alpha value is -2.09. The van der Waals surface area contributed by atoms with Crippen LogP contribution in [0.25, 0.3) is 0 Å². The number of hydrogen-bond acceptors (Lipinski definition) is 5. The van der Waals surface area contributed by atoms with Gasteiger partial charge in [-0.2, -0.15) is 5.10 Å². The molecule has 1 aromatic rings. The molecule has 1 heterocycles. The first-order chi connectivity index (χ1) is 10.7. The molecule has 1 aliphatic rings. The van der Waals surface area contributed by atoms with E-state index in [9.17, 15) is 8.42 Å². The first-order valence-corrected chi connectivity index (χ1v) is 9.08. The van der Waals surface area contributed by atoms with Crippen molar-refractivity contribution in [3.8, 4) is 0 Å². The summed E-state index contributed by atoms with van der Waals surface area (Å²) in [7, 11) is -3.58. The lowest BCUT2D eigenvalue weighted by Gasteiger charge is -2.21. The normalized spacial score (nSPS) is 17.5. The standard InChI is InChI=1S/C15H23N5O2S/c1-4-17-14(20-11-15(2,3)10-18-20)19-23(21,22)9-12-5-7-13(16)8-6-12/h5-8,10H,4,9,11,16H2,1-3H3,(H,17,19). The van der Waals surface area contributed by atoms with E-state index in [0.717, 1.165) is 0 Å². The second-order valence-electron chi connectivity index (χ2n) is 6.19. The lowest BCUT2D eigenvalue weighted by atomic mass is 9.97. The molecule has 0 saturated carbocycles. The topological polar surface area (TPSA) is 100 Å². The van der Waals surface area contributed by atoms with Crippen LogP contribution >= 0.6 is 0 Å². The van der Waals surface area contributed by atoms with E-state index < -0.39 is 10.0 Å². The Morgan fingerprint density at radius 1 is 1.39 bits per heavy atom. The summed E-state index contributed by atoms with van der Waals surface area (Å²) in [5.41, 5.74) is 6.76. The van der Waals surface area contributed by atoms with Crippen molar-refractivity contribution in [2.24, 2.45) is 15.5 Å². The SMILES string of the molecule is CCN=C(NS(=O)(=O)Cc1ccc(N)cc1)N1CC(C)(C)C=N1. The first kappa shape index (κ1) is 17.3. The van der Waals surface area contributed by atoms with Gasteiger partial charge in [0, 0.05) is 23.9 Å². The highest BCUT2D eigenvalue weighted by Crippen LogP contribution is 2.20. The monoisotopic (exact) mass is 337 g/mol. The summed E-state index contributed by atoms with van der Waals surface area (Å²) in [4.78, 5) is 4.23. The van der Waals surface area contributed by atoms with E-state index in [2.05, 4.69) is 14.8 Å². The molecule has 0 saturated heterocycles. The van der Waals surface area contributed by atoms with Crippen molar-refractivity contribution < 1.29 is 8.42 Å². The van der Waals surface area contributed by atoms with Crippen molar-refractivity contribution in [2.75, 3.05) is 18.8 Å². The van der Waals surface area contributed by atoms with Crippen molar-refractivity contribution in [1.82, 2.24) is 9.73 Å². The Balaban J connectivity index is 2.11. The Labute approximate surface area is 137 Å².